The van der Waals surface area contributed by atoms with Gasteiger partial charge < -0.3 is 10.2 Å². The highest BCUT2D eigenvalue weighted by Crippen LogP contribution is 2.28. The van der Waals surface area contributed by atoms with Crippen LogP contribution in [-0.2, 0) is 32.6 Å². The van der Waals surface area contributed by atoms with E-state index in [1.54, 1.807) is 42.5 Å². The summed E-state index contributed by atoms with van der Waals surface area (Å²) >= 11 is 12.6. The Labute approximate surface area is 291 Å². The molecule has 0 aromatic heterocycles. The Kier molecular flexibility index (Phi) is 11.8. The molecule has 1 aliphatic carbocycles. The Morgan fingerprint density at radius 3 is 2.17 bits per heavy atom. The van der Waals surface area contributed by atoms with Gasteiger partial charge in [-0.1, -0.05) is 96.6 Å². The van der Waals surface area contributed by atoms with Gasteiger partial charge in [-0.3, -0.25) is 13.9 Å². The summed E-state index contributed by atoms with van der Waals surface area (Å²) in [6.45, 7) is 1.21. The van der Waals surface area contributed by atoms with Gasteiger partial charge in [-0.25, -0.2) is 12.8 Å². The number of sulfonamides is 1. The zero-order valence-corrected chi connectivity index (χ0v) is 28.9. The van der Waals surface area contributed by atoms with Crippen molar-refractivity contribution in [3.8, 4) is 0 Å². The molecule has 0 radical (unpaired) electrons. The number of amides is 2. The quantitative estimate of drug-likeness (QED) is 0.163. The monoisotopic (exact) mass is 709 g/mol. The average Bonchev–Trinajstić information content (AvgIpc) is 3.08. The second-order valence-corrected chi connectivity index (χ2v) is 14.8. The number of anilines is 1. The van der Waals surface area contributed by atoms with E-state index in [2.05, 4.69) is 5.32 Å². The van der Waals surface area contributed by atoms with Crippen LogP contribution in [0.3, 0.4) is 0 Å². The lowest BCUT2D eigenvalue weighted by molar-refractivity contribution is -0.140. The second-order valence-electron chi connectivity index (χ2n) is 12.1. The van der Waals surface area contributed by atoms with Crippen molar-refractivity contribution in [1.29, 1.82) is 0 Å². The molecule has 0 heterocycles. The highest BCUT2D eigenvalue weighted by Gasteiger charge is 2.35. The number of nitrogens with zero attached hydrogens (tertiary/aromatic N) is 2. The standard InChI is InChI=1S/C37H38Cl2FN3O4S/c1-26-12-17-31(18-13-26)43(48(46,47)32-19-15-29(40)16-20-32)25-36(44)42(24-28-14-21-33(38)34(39)22-28)35(23-27-8-4-2-5-9-27)37(45)41-30-10-6-3-7-11-30/h2,4-5,8-9,12-22,30,35H,3,6-7,10-11,23-25H2,1H3,(H,41,45)/t35-/m1/s1. The van der Waals surface area contributed by atoms with Crippen LogP contribution in [0, 0.1) is 12.7 Å². The third-order valence-electron chi connectivity index (χ3n) is 8.56. The van der Waals surface area contributed by atoms with Gasteiger partial charge in [0.2, 0.25) is 11.8 Å². The molecule has 0 saturated heterocycles. The molecular weight excluding hydrogens is 672 g/mol. The first kappa shape index (κ1) is 35.4. The summed E-state index contributed by atoms with van der Waals surface area (Å²) in [7, 11) is -4.34. The maximum absolute atomic E-state index is 14.6. The van der Waals surface area contributed by atoms with Gasteiger partial charge in [-0.2, -0.15) is 0 Å². The summed E-state index contributed by atoms with van der Waals surface area (Å²) in [6.07, 6.45) is 5.02. The molecule has 0 spiro atoms. The Morgan fingerprint density at radius 1 is 0.854 bits per heavy atom. The Balaban J connectivity index is 1.57. The molecule has 1 N–H and O–H groups in total. The van der Waals surface area contributed by atoms with Crippen LogP contribution in [0.4, 0.5) is 10.1 Å². The second kappa shape index (κ2) is 16.0. The molecule has 1 fully saturated rings. The van der Waals surface area contributed by atoms with Crippen LogP contribution in [0.2, 0.25) is 10.0 Å². The van der Waals surface area contributed by atoms with E-state index in [0.717, 1.165) is 59.7 Å². The fourth-order valence-corrected chi connectivity index (χ4v) is 7.64. The van der Waals surface area contributed by atoms with Gasteiger partial charge in [0.25, 0.3) is 10.0 Å². The summed E-state index contributed by atoms with van der Waals surface area (Å²) in [5.41, 5.74) is 2.60. The molecule has 1 aliphatic rings. The van der Waals surface area contributed by atoms with E-state index in [0.29, 0.717) is 10.6 Å². The van der Waals surface area contributed by atoms with Crippen molar-refractivity contribution < 1.29 is 22.4 Å². The lowest BCUT2D eigenvalue weighted by atomic mass is 9.94. The van der Waals surface area contributed by atoms with Crippen molar-refractivity contribution in [2.45, 2.75) is 69.0 Å². The third kappa shape index (κ3) is 8.95. The summed E-state index contributed by atoms with van der Waals surface area (Å²) in [5, 5.41) is 3.81. The Bertz CT molecular complexity index is 1820. The smallest absolute Gasteiger partial charge is 0.264 e. The van der Waals surface area contributed by atoms with Crippen molar-refractivity contribution in [3.05, 3.63) is 130 Å². The third-order valence-corrected chi connectivity index (χ3v) is 11.1. The first-order valence-corrected chi connectivity index (χ1v) is 18.1. The van der Waals surface area contributed by atoms with E-state index in [1.165, 1.54) is 17.0 Å². The molecule has 11 heteroatoms. The molecule has 2 amide bonds. The molecule has 7 nitrogen and oxygen atoms in total. The van der Waals surface area contributed by atoms with Crippen LogP contribution in [0.5, 0.6) is 0 Å². The average molecular weight is 711 g/mol. The molecule has 0 bridgehead atoms. The van der Waals surface area contributed by atoms with Crippen molar-refractivity contribution in [1.82, 2.24) is 10.2 Å². The normalized spacial score (nSPS) is 14.2. The van der Waals surface area contributed by atoms with Gasteiger partial charge in [0.15, 0.2) is 0 Å². The molecule has 4 aromatic carbocycles. The van der Waals surface area contributed by atoms with Crippen LogP contribution >= 0.6 is 23.2 Å². The molecule has 1 saturated carbocycles. The molecule has 4 aromatic rings. The van der Waals surface area contributed by atoms with Crippen LogP contribution in [-0.4, -0.2) is 43.8 Å². The molecule has 0 unspecified atom stereocenters. The van der Waals surface area contributed by atoms with E-state index >= 15 is 0 Å². The van der Waals surface area contributed by atoms with E-state index in [4.69, 9.17) is 23.2 Å². The van der Waals surface area contributed by atoms with E-state index in [1.807, 2.05) is 37.3 Å². The lowest BCUT2D eigenvalue weighted by Crippen LogP contribution is -2.55. The minimum absolute atomic E-state index is 0.0191. The minimum Gasteiger partial charge on any atom is -0.352 e. The van der Waals surface area contributed by atoms with Gasteiger partial charge in [-0.05, 0) is 79.4 Å². The number of nitrogens with one attached hydrogen (secondary N) is 1. The first-order valence-electron chi connectivity index (χ1n) is 15.9. The predicted molar refractivity (Wildman–Crippen MR) is 188 cm³/mol. The van der Waals surface area contributed by atoms with Gasteiger partial charge in [0.1, 0.15) is 18.4 Å². The molecule has 48 heavy (non-hydrogen) atoms. The number of carbonyl (C=O) groups excluding carboxylic acids is 2. The zero-order chi connectivity index (χ0) is 34.3. The summed E-state index contributed by atoms with van der Waals surface area (Å²) < 4.78 is 43.0. The predicted octanol–water partition coefficient (Wildman–Crippen LogP) is 7.73. The van der Waals surface area contributed by atoms with Crippen molar-refractivity contribution in [2.75, 3.05) is 10.8 Å². The summed E-state index contributed by atoms with van der Waals surface area (Å²) in [6, 6.07) is 24.5. The van der Waals surface area contributed by atoms with Crippen molar-refractivity contribution in [2.24, 2.45) is 0 Å². The SMILES string of the molecule is Cc1ccc(N(CC(=O)N(Cc2ccc(Cl)c(Cl)c2)[C@H](Cc2ccccc2)C(=O)NC2CCCCC2)S(=O)(=O)c2ccc(F)cc2)cc1. The molecule has 1 atom stereocenters. The van der Waals surface area contributed by atoms with Gasteiger partial charge in [0.05, 0.1) is 20.6 Å². The van der Waals surface area contributed by atoms with Crippen LogP contribution in [0.25, 0.3) is 0 Å². The summed E-state index contributed by atoms with van der Waals surface area (Å²) in [5.74, 6) is -1.51. The van der Waals surface area contributed by atoms with E-state index in [9.17, 15) is 22.4 Å². The number of halogens is 3. The van der Waals surface area contributed by atoms with Crippen LogP contribution in [0.15, 0.2) is 102 Å². The maximum atomic E-state index is 14.6. The van der Waals surface area contributed by atoms with Gasteiger partial charge in [0, 0.05) is 19.0 Å². The molecule has 0 aliphatic heterocycles. The highest BCUT2D eigenvalue weighted by atomic mass is 35.5. The Morgan fingerprint density at radius 2 is 1.52 bits per heavy atom. The lowest BCUT2D eigenvalue weighted by Gasteiger charge is -2.35. The van der Waals surface area contributed by atoms with Gasteiger partial charge in [-0.15, -0.1) is 0 Å². The first-order chi connectivity index (χ1) is 23.0. The van der Waals surface area contributed by atoms with E-state index in [-0.39, 0.29) is 40.5 Å². The number of benzene rings is 4. The molecular formula is C37H38Cl2FN3O4S. The van der Waals surface area contributed by atoms with Crippen molar-refractivity contribution in [3.63, 3.8) is 0 Å². The maximum Gasteiger partial charge on any atom is 0.264 e. The minimum atomic E-state index is -4.34. The fourth-order valence-electron chi connectivity index (χ4n) is 5.91. The largest absolute Gasteiger partial charge is 0.352 e. The number of aryl methyl sites for hydroxylation is 1. The number of hydrogen-bond donors (Lipinski definition) is 1. The topological polar surface area (TPSA) is 86.8 Å². The molecule has 5 rings (SSSR count). The zero-order valence-electron chi connectivity index (χ0n) is 26.6. The van der Waals surface area contributed by atoms with Crippen LogP contribution in [0.1, 0.15) is 48.8 Å². The number of carbonyl (C=O) groups is 2. The van der Waals surface area contributed by atoms with Crippen molar-refractivity contribution >= 4 is 50.7 Å². The summed E-state index contributed by atoms with van der Waals surface area (Å²) in [4.78, 5) is 30.1. The van der Waals surface area contributed by atoms with Gasteiger partial charge >= 0.3 is 0 Å². The number of rotatable bonds is 12. The fraction of sp³-hybridized carbons (Fsp3) is 0.297. The number of hydrogen-bond acceptors (Lipinski definition) is 4. The molecule has 252 valence electrons. The van der Waals surface area contributed by atoms with E-state index < -0.39 is 34.3 Å². The highest BCUT2D eigenvalue weighted by molar-refractivity contribution is 7.92. The van der Waals surface area contributed by atoms with Crippen LogP contribution < -0.4 is 9.62 Å². The Hall–Kier alpha value is -3.92.